The summed E-state index contributed by atoms with van der Waals surface area (Å²) in [6.07, 6.45) is 0. The van der Waals surface area contributed by atoms with E-state index in [2.05, 4.69) is 10.6 Å². The molecule has 1 unspecified atom stereocenters. The number of nitrogens with two attached hydrogens (primary N) is 1. The Labute approximate surface area is 264 Å². The van der Waals surface area contributed by atoms with Crippen molar-refractivity contribution in [1.82, 2.24) is 15.1 Å². The monoisotopic (exact) mass is 660 g/mol. The average molecular weight is 662 g/mol. The van der Waals surface area contributed by atoms with Crippen LogP contribution in [0.4, 0.5) is 21.0 Å². The maximum absolute atomic E-state index is 14.6. The Balaban J connectivity index is 1.85. The number of hydrogen-bond donors (Lipinski definition) is 3. The highest BCUT2D eigenvalue weighted by Crippen LogP contribution is 2.49. The van der Waals surface area contributed by atoms with Crippen molar-refractivity contribution in [2.75, 3.05) is 36.3 Å². The third-order valence-electron chi connectivity index (χ3n) is 7.09. The van der Waals surface area contributed by atoms with Gasteiger partial charge < -0.3 is 26.2 Å². The second kappa shape index (κ2) is 12.7. The van der Waals surface area contributed by atoms with E-state index in [1.54, 1.807) is 17.0 Å². The minimum Gasteiger partial charge on any atom is -0.368 e. The van der Waals surface area contributed by atoms with Crippen molar-refractivity contribution >= 4 is 68.5 Å². The molecule has 6 amide bonds. The number of urea groups is 2. The summed E-state index contributed by atoms with van der Waals surface area (Å²) in [5, 5.41) is 5.53. The summed E-state index contributed by atoms with van der Waals surface area (Å²) in [5.74, 6) is -1.88. The van der Waals surface area contributed by atoms with Crippen molar-refractivity contribution in [2.24, 2.45) is 5.73 Å². The van der Waals surface area contributed by atoms with Gasteiger partial charge in [-0.2, -0.15) is 4.31 Å². The van der Waals surface area contributed by atoms with Crippen LogP contribution in [-0.2, 0) is 25.2 Å². The van der Waals surface area contributed by atoms with Gasteiger partial charge in [-0.05, 0) is 62.4 Å². The second-order valence-corrected chi connectivity index (χ2v) is 12.5. The molecule has 1 aliphatic heterocycles. The van der Waals surface area contributed by atoms with Crippen LogP contribution in [0.2, 0.25) is 10.0 Å². The first-order valence-corrected chi connectivity index (χ1v) is 15.6. The van der Waals surface area contributed by atoms with Crippen LogP contribution in [0.1, 0.15) is 25.0 Å². The molecule has 3 aromatic carbocycles. The molecular formula is C29H30Cl2N6O6S. The minimum atomic E-state index is -4.62. The van der Waals surface area contributed by atoms with Crippen LogP contribution in [0.25, 0.3) is 0 Å². The van der Waals surface area contributed by atoms with E-state index in [1.807, 2.05) is 13.8 Å². The van der Waals surface area contributed by atoms with Gasteiger partial charge in [0.25, 0.3) is 15.9 Å². The van der Waals surface area contributed by atoms with E-state index in [0.29, 0.717) is 23.1 Å². The number of halogens is 2. The number of anilines is 2. The molecule has 4 rings (SSSR count). The molecule has 0 saturated heterocycles. The Morgan fingerprint density at radius 3 is 2.16 bits per heavy atom. The predicted octanol–water partition coefficient (Wildman–Crippen LogP) is 3.97. The van der Waals surface area contributed by atoms with Gasteiger partial charge in [0, 0.05) is 47.0 Å². The zero-order chi connectivity index (χ0) is 32.4. The van der Waals surface area contributed by atoms with E-state index >= 15 is 0 Å². The summed E-state index contributed by atoms with van der Waals surface area (Å²) in [4.78, 5) is 54.2. The first kappa shape index (κ1) is 32.6. The number of sulfonamides is 1. The van der Waals surface area contributed by atoms with E-state index in [9.17, 15) is 27.6 Å². The van der Waals surface area contributed by atoms with Crippen molar-refractivity contribution in [1.29, 1.82) is 0 Å². The first-order chi connectivity index (χ1) is 20.8. The lowest BCUT2D eigenvalue weighted by Gasteiger charge is -2.32. The number of carbonyl (C=O) groups excluding carboxylic acids is 4. The van der Waals surface area contributed by atoms with Crippen LogP contribution < -0.4 is 20.7 Å². The van der Waals surface area contributed by atoms with Crippen molar-refractivity contribution in [3.05, 3.63) is 87.9 Å². The van der Waals surface area contributed by atoms with Crippen molar-refractivity contribution in [3.8, 4) is 0 Å². The molecule has 4 N–H and O–H groups in total. The molecule has 1 atom stereocenters. The van der Waals surface area contributed by atoms with Gasteiger partial charge in [0.1, 0.15) is 6.54 Å². The zero-order valence-electron chi connectivity index (χ0n) is 24.0. The van der Waals surface area contributed by atoms with E-state index in [4.69, 9.17) is 28.9 Å². The van der Waals surface area contributed by atoms with Crippen molar-refractivity contribution < 1.29 is 27.6 Å². The van der Waals surface area contributed by atoms with E-state index < -0.39 is 40.0 Å². The fourth-order valence-electron chi connectivity index (χ4n) is 4.91. The van der Waals surface area contributed by atoms with Crippen LogP contribution in [0.3, 0.4) is 0 Å². The van der Waals surface area contributed by atoms with Gasteiger partial charge in [-0.3, -0.25) is 9.59 Å². The minimum absolute atomic E-state index is 0.0376. The number of nitrogens with one attached hydrogen (secondary N) is 2. The molecule has 0 bridgehead atoms. The lowest BCUT2D eigenvalue weighted by atomic mass is 9.83. The number of benzene rings is 3. The van der Waals surface area contributed by atoms with Crippen molar-refractivity contribution in [2.45, 2.75) is 24.3 Å². The van der Waals surface area contributed by atoms with Crippen LogP contribution in [0.5, 0.6) is 0 Å². The lowest BCUT2D eigenvalue weighted by molar-refractivity contribution is -0.121. The fourth-order valence-corrected chi connectivity index (χ4v) is 6.82. The molecular weight excluding hydrogens is 631 g/mol. The molecule has 0 aromatic heterocycles. The van der Waals surface area contributed by atoms with Gasteiger partial charge in [0.05, 0.1) is 10.6 Å². The highest BCUT2D eigenvalue weighted by molar-refractivity contribution is 7.93. The van der Waals surface area contributed by atoms with Crippen LogP contribution >= 0.6 is 23.2 Å². The number of fused-ring (bicyclic) bond motifs is 1. The van der Waals surface area contributed by atoms with Gasteiger partial charge >= 0.3 is 12.1 Å². The molecule has 0 aliphatic carbocycles. The molecule has 1 heterocycles. The molecule has 3 aromatic rings. The Kier molecular flexibility index (Phi) is 9.42. The second-order valence-electron chi connectivity index (χ2n) is 9.85. The number of nitrogens with zero attached hydrogens (tertiary/aromatic N) is 3. The molecule has 1 aliphatic rings. The summed E-state index contributed by atoms with van der Waals surface area (Å²) in [5.41, 5.74) is 3.47. The third kappa shape index (κ3) is 5.90. The van der Waals surface area contributed by atoms with E-state index in [0.717, 1.165) is 4.90 Å². The van der Waals surface area contributed by atoms with Gasteiger partial charge in [0.2, 0.25) is 5.91 Å². The zero-order valence-corrected chi connectivity index (χ0v) is 26.3. The molecule has 15 heteroatoms. The summed E-state index contributed by atoms with van der Waals surface area (Å²) in [6.45, 7) is 4.14. The normalized spacial score (nSPS) is 15.8. The quantitative estimate of drug-likeness (QED) is 0.314. The Morgan fingerprint density at radius 2 is 1.57 bits per heavy atom. The van der Waals surface area contributed by atoms with Crippen molar-refractivity contribution in [3.63, 3.8) is 0 Å². The fraction of sp³-hybridized carbons (Fsp3) is 0.241. The summed E-state index contributed by atoms with van der Waals surface area (Å²) < 4.78 is 28.9. The molecule has 0 spiro atoms. The SMILES string of the molecule is CCN(CC)C(=O)Nc1ccc(S(=O)(=O)N2C(=O)C(NC(=O)N(C)CC(N)=O)(c3ccccc3Cl)c3cc(Cl)ccc32)cc1. The summed E-state index contributed by atoms with van der Waals surface area (Å²) in [6, 6.07) is 14.3. The largest absolute Gasteiger partial charge is 0.368 e. The molecule has 0 fully saturated rings. The first-order valence-electron chi connectivity index (χ1n) is 13.4. The van der Waals surface area contributed by atoms with Gasteiger partial charge in [-0.15, -0.1) is 0 Å². The van der Waals surface area contributed by atoms with E-state index in [1.165, 1.54) is 61.6 Å². The third-order valence-corrected chi connectivity index (χ3v) is 9.37. The molecule has 12 nitrogen and oxygen atoms in total. The maximum atomic E-state index is 14.6. The van der Waals surface area contributed by atoms with Gasteiger partial charge in [-0.1, -0.05) is 41.4 Å². The average Bonchev–Trinajstić information content (AvgIpc) is 3.21. The predicted molar refractivity (Wildman–Crippen MR) is 167 cm³/mol. The van der Waals surface area contributed by atoms with Crippen LogP contribution in [-0.4, -0.2) is 68.8 Å². The number of rotatable bonds is 9. The van der Waals surface area contributed by atoms with Gasteiger partial charge in [0.15, 0.2) is 5.54 Å². The standard InChI is InChI=1S/C29H30Cl2N6O6S/c1-4-36(5-2)27(40)33-19-11-13-20(14-12-19)44(42,43)37-24-15-10-18(30)16-22(24)29(26(37)39,21-8-6-7-9-23(21)31)34-28(41)35(3)17-25(32)38/h6-16H,4-5,17H2,1-3H3,(H2,32,38)(H,33,40)(H,34,41). The maximum Gasteiger partial charge on any atom is 0.321 e. The number of carbonyl (C=O) groups is 4. The highest BCUT2D eigenvalue weighted by atomic mass is 35.5. The highest BCUT2D eigenvalue weighted by Gasteiger charge is 2.58. The number of likely N-dealkylation sites (N-methyl/N-ethyl adjacent to an activating group) is 1. The molecule has 0 radical (unpaired) electrons. The lowest BCUT2D eigenvalue weighted by Crippen LogP contribution is -2.57. The number of amides is 6. The summed E-state index contributed by atoms with van der Waals surface area (Å²) in [7, 11) is -3.33. The molecule has 0 saturated carbocycles. The molecule has 232 valence electrons. The van der Waals surface area contributed by atoms with Gasteiger partial charge in [-0.25, -0.2) is 18.0 Å². The number of primary amides is 1. The Hall–Kier alpha value is -4.33. The number of hydrogen-bond acceptors (Lipinski definition) is 6. The Morgan fingerprint density at radius 1 is 0.932 bits per heavy atom. The van der Waals surface area contributed by atoms with Crippen LogP contribution in [0, 0.1) is 0 Å². The topological polar surface area (TPSA) is 162 Å². The summed E-state index contributed by atoms with van der Waals surface area (Å²) >= 11 is 12.9. The smallest absolute Gasteiger partial charge is 0.321 e. The molecule has 44 heavy (non-hydrogen) atoms. The Bertz CT molecular complexity index is 1730. The van der Waals surface area contributed by atoms with E-state index in [-0.39, 0.29) is 37.8 Å². The van der Waals surface area contributed by atoms with Crippen LogP contribution in [0.15, 0.2) is 71.6 Å².